The Bertz CT molecular complexity index is 576. The highest BCUT2D eigenvalue weighted by atomic mass is 35.5. The van der Waals surface area contributed by atoms with Crippen LogP contribution in [0.3, 0.4) is 0 Å². The predicted octanol–water partition coefficient (Wildman–Crippen LogP) is 3.76. The molecule has 1 atom stereocenters. The van der Waals surface area contributed by atoms with Gasteiger partial charge in [0.15, 0.2) is 0 Å². The van der Waals surface area contributed by atoms with Crippen molar-refractivity contribution >= 4 is 45.0 Å². The van der Waals surface area contributed by atoms with Crippen LogP contribution in [0, 0.1) is 6.92 Å². The molecule has 0 heterocycles. The molecule has 0 saturated carbocycles. The lowest BCUT2D eigenvalue weighted by molar-refractivity contribution is 0.414. The van der Waals surface area contributed by atoms with Crippen molar-refractivity contribution in [3.05, 3.63) is 28.3 Å². The van der Waals surface area contributed by atoms with Crippen molar-refractivity contribution in [3.8, 4) is 0 Å². The molecule has 1 aromatic carbocycles. The summed E-state index contributed by atoms with van der Waals surface area (Å²) >= 11 is 13.5. The predicted molar refractivity (Wildman–Crippen MR) is 88.5 cm³/mol. The summed E-state index contributed by atoms with van der Waals surface area (Å²) in [7, 11) is -1.98. The number of hydrogen-bond donors (Lipinski definition) is 0. The quantitative estimate of drug-likeness (QED) is 0.729. The highest BCUT2D eigenvalue weighted by Crippen LogP contribution is 2.28. The molecule has 1 unspecified atom stereocenters. The maximum absolute atomic E-state index is 12.7. The largest absolute Gasteiger partial charge is 0.243 e. The molecule has 0 N–H and O–H groups in total. The van der Waals surface area contributed by atoms with Gasteiger partial charge in [0, 0.05) is 29.7 Å². The Morgan fingerprint density at radius 3 is 2.50 bits per heavy atom. The molecule has 0 aromatic heterocycles. The highest BCUT2D eigenvalue weighted by Gasteiger charge is 2.27. The number of rotatable bonds is 6. The molecule has 20 heavy (non-hydrogen) atoms. The van der Waals surface area contributed by atoms with Gasteiger partial charge in [0.1, 0.15) is 0 Å². The van der Waals surface area contributed by atoms with Crippen LogP contribution in [0.4, 0.5) is 0 Å². The zero-order valence-corrected chi connectivity index (χ0v) is 15.1. The fourth-order valence-corrected chi connectivity index (χ4v) is 4.89. The van der Waals surface area contributed by atoms with Crippen LogP contribution in [0.25, 0.3) is 0 Å². The second kappa shape index (κ2) is 7.36. The third kappa shape index (κ3) is 3.83. The smallest absolute Gasteiger partial charge is 0.207 e. The van der Waals surface area contributed by atoms with Crippen LogP contribution in [0.1, 0.15) is 18.1 Å². The van der Waals surface area contributed by atoms with E-state index >= 15 is 0 Å². The Labute approximate surface area is 135 Å². The van der Waals surface area contributed by atoms with Crippen LogP contribution in [-0.2, 0) is 15.9 Å². The van der Waals surface area contributed by atoms with E-state index in [0.29, 0.717) is 10.6 Å². The van der Waals surface area contributed by atoms with Gasteiger partial charge in [0.05, 0.1) is 4.90 Å². The van der Waals surface area contributed by atoms with Crippen LogP contribution < -0.4 is 0 Å². The summed E-state index contributed by atoms with van der Waals surface area (Å²) in [6.07, 6.45) is 1.95. The van der Waals surface area contributed by atoms with Gasteiger partial charge in [-0.1, -0.05) is 11.6 Å². The number of sulfonamides is 1. The van der Waals surface area contributed by atoms with Gasteiger partial charge < -0.3 is 0 Å². The van der Waals surface area contributed by atoms with Crippen molar-refractivity contribution in [1.82, 2.24) is 4.31 Å². The molecule has 3 nitrogen and oxygen atoms in total. The topological polar surface area (TPSA) is 37.4 Å². The number of halogens is 2. The lowest BCUT2D eigenvalue weighted by Gasteiger charge is -2.25. The molecular weight excluding hydrogens is 337 g/mol. The summed E-state index contributed by atoms with van der Waals surface area (Å²) in [4.78, 5) is 0.233. The molecule has 0 saturated heterocycles. The maximum Gasteiger partial charge on any atom is 0.243 e. The minimum Gasteiger partial charge on any atom is -0.207 e. The summed E-state index contributed by atoms with van der Waals surface area (Å²) in [5, 5.41) is 0.385. The Hall–Kier alpha value is 0.0600. The third-order valence-corrected chi connectivity index (χ3v) is 6.68. The van der Waals surface area contributed by atoms with E-state index in [0.717, 1.165) is 11.3 Å². The van der Waals surface area contributed by atoms with E-state index in [2.05, 4.69) is 0 Å². The molecule has 1 rings (SSSR count). The van der Waals surface area contributed by atoms with Crippen molar-refractivity contribution in [1.29, 1.82) is 0 Å². The molecule has 0 bridgehead atoms. The Morgan fingerprint density at radius 1 is 1.40 bits per heavy atom. The first-order chi connectivity index (χ1) is 9.25. The average molecular weight is 356 g/mol. The molecule has 0 fully saturated rings. The first-order valence-corrected chi connectivity index (χ1v) is 9.82. The molecule has 0 amide bonds. The van der Waals surface area contributed by atoms with Crippen LogP contribution >= 0.6 is 35.0 Å². The number of hydrogen-bond acceptors (Lipinski definition) is 3. The highest BCUT2D eigenvalue weighted by molar-refractivity contribution is 7.98. The van der Waals surface area contributed by atoms with Crippen molar-refractivity contribution in [3.63, 3.8) is 0 Å². The summed E-state index contributed by atoms with van der Waals surface area (Å²) in [6.45, 7) is 3.64. The lowest BCUT2D eigenvalue weighted by atomic mass is 10.1. The molecule has 0 aliphatic rings. The zero-order chi connectivity index (χ0) is 15.5. The molecule has 0 radical (unpaired) electrons. The van der Waals surface area contributed by atoms with E-state index in [9.17, 15) is 8.42 Å². The number of nitrogens with zero attached hydrogens (tertiary/aromatic N) is 1. The zero-order valence-electron chi connectivity index (χ0n) is 12.0. The number of thioether (sulfide) groups is 1. The van der Waals surface area contributed by atoms with Crippen molar-refractivity contribution in [2.45, 2.75) is 30.7 Å². The van der Waals surface area contributed by atoms with E-state index in [1.165, 1.54) is 10.4 Å². The fraction of sp³-hybridized carbons (Fsp3) is 0.538. The van der Waals surface area contributed by atoms with E-state index in [1.54, 1.807) is 31.8 Å². The second-order valence-corrected chi connectivity index (χ2v) is 8.23. The summed E-state index contributed by atoms with van der Waals surface area (Å²) < 4.78 is 26.8. The lowest BCUT2D eigenvalue weighted by Crippen LogP contribution is -2.37. The molecule has 0 aliphatic carbocycles. The van der Waals surface area contributed by atoms with Gasteiger partial charge in [-0.3, -0.25) is 0 Å². The van der Waals surface area contributed by atoms with Crippen LogP contribution in [0.2, 0.25) is 5.02 Å². The standard InChI is InChI=1S/C13H19Cl2NO2S2/c1-9(8-19-4)16(3)20(17,18)13-6-12(15)5-11(7-14)10(13)2/h5-6,9H,7-8H2,1-4H3. The first kappa shape index (κ1) is 18.1. The molecule has 1 aromatic rings. The van der Waals surface area contributed by atoms with E-state index < -0.39 is 10.0 Å². The summed E-state index contributed by atoms with van der Waals surface area (Å²) in [5.41, 5.74) is 1.40. The van der Waals surface area contributed by atoms with Crippen molar-refractivity contribution < 1.29 is 8.42 Å². The van der Waals surface area contributed by atoms with Crippen LogP contribution in [-0.4, -0.2) is 37.8 Å². The SMILES string of the molecule is CSCC(C)N(C)S(=O)(=O)c1cc(Cl)cc(CCl)c1C. The Balaban J connectivity index is 3.32. The molecule has 114 valence electrons. The second-order valence-electron chi connectivity index (χ2n) is 4.65. The molecule has 7 heteroatoms. The fourth-order valence-electron chi connectivity index (χ4n) is 1.85. The molecule has 0 spiro atoms. The third-order valence-electron chi connectivity index (χ3n) is 3.26. The Kier molecular flexibility index (Phi) is 6.67. The van der Waals surface area contributed by atoms with E-state index in [-0.39, 0.29) is 16.8 Å². The molecular formula is C13H19Cl2NO2S2. The minimum atomic E-state index is -3.57. The Morgan fingerprint density at radius 2 is 2.00 bits per heavy atom. The number of alkyl halides is 1. The van der Waals surface area contributed by atoms with Crippen molar-refractivity contribution in [2.24, 2.45) is 0 Å². The molecule has 0 aliphatic heterocycles. The summed E-state index contributed by atoms with van der Waals surface area (Å²) in [6, 6.07) is 3.10. The van der Waals surface area contributed by atoms with Gasteiger partial charge in [-0.15, -0.1) is 11.6 Å². The van der Waals surface area contributed by atoms with Gasteiger partial charge in [0.2, 0.25) is 10.0 Å². The van der Waals surface area contributed by atoms with Gasteiger partial charge in [0.25, 0.3) is 0 Å². The van der Waals surface area contributed by atoms with Crippen LogP contribution in [0.5, 0.6) is 0 Å². The van der Waals surface area contributed by atoms with E-state index in [4.69, 9.17) is 23.2 Å². The minimum absolute atomic E-state index is 0.0900. The maximum atomic E-state index is 12.7. The van der Waals surface area contributed by atoms with Gasteiger partial charge in [-0.2, -0.15) is 16.1 Å². The van der Waals surface area contributed by atoms with Gasteiger partial charge in [-0.05, 0) is 43.4 Å². The first-order valence-electron chi connectivity index (χ1n) is 6.07. The van der Waals surface area contributed by atoms with Gasteiger partial charge in [-0.25, -0.2) is 8.42 Å². The normalized spacial score (nSPS) is 13.8. The number of benzene rings is 1. The summed E-state index contributed by atoms with van der Waals surface area (Å²) in [5.74, 6) is 0.969. The monoisotopic (exact) mass is 355 g/mol. The van der Waals surface area contributed by atoms with Gasteiger partial charge >= 0.3 is 0 Å². The van der Waals surface area contributed by atoms with Crippen LogP contribution in [0.15, 0.2) is 17.0 Å². The van der Waals surface area contributed by atoms with E-state index in [1.807, 2.05) is 13.2 Å². The van der Waals surface area contributed by atoms with Crippen molar-refractivity contribution in [2.75, 3.05) is 19.1 Å². The average Bonchev–Trinajstić information content (AvgIpc) is 2.40.